The van der Waals surface area contributed by atoms with E-state index in [4.69, 9.17) is 14.9 Å². The molecule has 1 atom stereocenters. The number of carbonyl (C=O) groups is 4. The number of primary amides is 1. The van der Waals surface area contributed by atoms with E-state index in [1.807, 2.05) is 0 Å². The summed E-state index contributed by atoms with van der Waals surface area (Å²) in [6, 6.07) is 9.14. The normalized spacial score (nSPS) is 18.2. The van der Waals surface area contributed by atoms with E-state index in [0.717, 1.165) is 5.56 Å². The molecule has 3 aromatic rings. The summed E-state index contributed by atoms with van der Waals surface area (Å²) >= 11 is 0. The number of furan rings is 1. The van der Waals surface area contributed by atoms with Crippen molar-refractivity contribution in [3.05, 3.63) is 71.2 Å². The topological polar surface area (TPSA) is 157 Å². The fourth-order valence-corrected chi connectivity index (χ4v) is 4.06. The Kier molecular flexibility index (Phi) is 5.41. The molecule has 0 radical (unpaired) electrons. The molecule has 0 aliphatic carbocycles. The maximum atomic E-state index is 13.0. The van der Waals surface area contributed by atoms with Crippen LogP contribution in [-0.2, 0) is 11.3 Å². The van der Waals surface area contributed by atoms with Crippen LogP contribution in [0.25, 0.3) is 11.3 Å². The Morgan fingerprint density at radius 1 is 1.22 bits per heavy atom. The summed E-state index contributed by atoms with van der Waals surface area (Å²) in [5, 5.41) is 4.76. The van der Waals surface area contributed by atoms with Crippen LogP contribution in [0.2, 0.25) is 0 Å². The van der Waals surface area contributed by atoms with Gasteiger partial charge in [-0.15, -0.1) is 0 Å². The van der Waals surface area contributed by atoms with Crippen LogP contribution in [0.1, 0.15) is 32.0 Å². The Bertz CT molecular complexity index is 1500. The minimum Gasteiger partial charge on any atom is -0.497 e. The van der Waals surface area contributed by atoms with Gasteiger partial charge in [0.2, 0.25) is 5.54 Å². The zero-order valence-electron chi connectivity index (χ0n) is 19.0. The number of amides is 5. The highest BCUT2D eigenvalue weighted by Gasteiger charge is 2.48. The summed E-state index contributed by atoms with van der Waals surface area (Å²) in [4.78, 5) is 54.8. The summed E-state index contributed by atoms with van der Waals surface area (Å²) in [6.07, 6.45) is 2.99. The number of nitrogens with zero attached hydrogens (tertiary/aromatic N) is 2. The molecule has 0 bridgehead atoms. The number of aromatic nitrogens is 1. The summed E-state index contributed by atoms with van der Waals surface area (Å²) in [6.45, 7) is 0.0865. The van der Waals surface area contributed by atoms with Gasteiger partial charge in [-0.05, 0) is 35.9 Å². The molecule has 1 fully saturated rings. The molecule has 1 saturated heterocycles. The molecular weight excluding hydrogens is 466 g/mol. The van der Waals surface area contributed by atoms with E-state index in [9.17, 15) is 19.2 Å². The number of hydrogen-bond acceptors (Lipinski definition) is 7. The van der Waals surface area contributed by atoms with Crippen LogP contribution >= 0.6 is 0 Å². The monoisotopic (exact) mass is 485 g/mol. The number of nitrogens with two attached hydrogens (primary N) is 1. The van der Waals surface area contributed by atoms with Gasteiger partial charge >= 0.3 is 6.03 Å². The first kappa shape index (κ1) is 22.7. The number of imide groups is 1. The van der Waals surface area contributed by atoms with E-state index in [1.54, 1.807) is 30.3 Å². The molecule has 2 aromatic heterocycles. The third-order valence-corrected chi connectivity index (χ3v) is 5.86. The summed E-state index contributed by atoms with van der Waals surface area (Å²) in [5.74, 6) is 4.93. The lowest BCUT2D eigenvalue weighted by Crippen LogP contribution is -2.54. The molecule has 1 unspecified atom stereocenters. The fraction of sp³-hybridized carbons (Fsp3) is 0.160. The van der Waals surface area contributed by atoms with Gasteiger partial charge in [-0.3, -0.25) is 24.7 Å². The fourth-order valence-electron chi connectivity index (χ4n) is 4.06. The predicted octanol–water partition coefficient (Wildman–Crippen LogP) is 1.03. The number of urea groups is 1. The molecule has 1 aromatic carbocycles. The van der Waals surface area contributed by atoms with Crippen LogP contribution in [-0.4, -0.2) is 52.8 Å². The maximum Gasteiger partial charge on any atom is 0.323 e. The second-order valence-electron chi connectivity index (χ2n) is 8.24. The molecule has 11 nitrogen and oxygen atoms in total. The summed E-state index contributed by atoms with van der Waals surface area (Å²) < 4.78 is 10.6. The zero-order valence-corrected chi connectivity index (χ0v) is 19.0. The first-order chi connectivity index (χ1) is 17.3. The SMILES string of the molecule is COc1ccc2c(c1)C(=O)N(CC1(C#Cc3cncc(-c4ccc(C(N)=O)o4)c3)NC(=O)NC1=O)C2. The Balaban J connectivity index is 1.44. The van der Waals surface area contributed by atoms with Crippen molar-refractivity contribution >= 4 is 23.8 Å². The van der Waals surface area contributed by atoms with E-state index in [-0.39, 0.29) is 24.8 Å². The molecule has 2 aliphatic heterocycles. The number of hydrogen-bond donors (Lipinski definition) is 3. The van der Waals surface area contributed by atoms with Crippen LogP contribution in [0, 0.1) is 11.8 Å². The van der Waals surface area contributed by atoms with Crippen LogP contribution in [0.4, 0.5) is 4.79 Å². The van der Waals surface area contributed by atoms with Gasteiger partial charge in [-0.2, -0.15) is 0 Å². The summed E-state index contributed by atoms with van der Waals surface area (Å²) in [7, 11) is 1.51. The van der Waals surface area contributed by atoms with Gasteiger partial charge in [0.15, 0.2) is 5.76 Å². The first-order valence-corrected chi connectivity index (χ1v) is 10.8. The Hall–Kier alpha value is -5.11. The second kappa shape index (κ2) is 8.59. The number of benzene rings is 1. The third-order valence-electron chi connectivity index (χ3n) is 5.86. The number of fused-ring (bicyclic) bond motifs is 1. The van der Waals surface area contributed by atoms with Crippen molar-refractivity contribution < 1.29 is 28.3 Å². The molecule has 11 heteroatoms. The van der Waals surface area contributed by atoms with Gasteiger partial charge in [0, 0.05) is 35.6 Å². The zero-order chi connectivity index (χ0) is 25.4. The molecule has 4 N–H and O–H groups in total. The molecule has 180 valence electrons. The maximum absolute atomic E-state index is 13.0. The number of methoxy groups -OCH3 is 1. The lowest BCUT2D eigenvalue weighted by atomic mass is 9.99. The van der Waals surface area contributed by atoms with Crippen LogP contribution in [0.5, 0.6) is 5.75 Å². The van der Waals surface area contributed by atoms with E-state index in [0.29, 0.717) is 28.2 Å². The van der Waals surface area contributed by atoms with Crippen LogP contribution in [0.3, 0.4) is 0 Å². The van der Waals surface area contributed by atoms with Crippen molar-refractivity contribution in [1.82, 2.24) is 20.5 Å². The van der Waals surface area contributed by atoms with Gasteiger partial charge in [0.25, 0.3) is 17.7 Å². The van der Waals surface area contributed by atoms with E-state index >= 15 is 0 Å². The molecule has 36 heavy (non-hydrogen) atoms. The Morgan fingerprint density at radius 2 is 2.06 bits per heavy atom. The van der Waals surface area contributed by atoms with Crippen molar-refractivity contribution in [2.24, 2.45) is 5.73 Å². The highest BCUT2D eigenvalue weighted by Crippen LogP contribution is 2.28. The van der Waals surface area contributed by atoms with Crippen molar-refractivity contribution in [1.29, 1.82) is 0 Å². The quantitative estimate of drug-likeness (QED) is 0.360. The average Bonchev–Trinajstić information content (AvgIpc) is 3.55. The van der Waals surface area contributed by atoms with Gasteiger partial charge in [0.05, 0.1) is 13.7 Å². The molecule has 5 rings (SSSR count). The summed E-state index contributed by atoms with van der Waals surface area (Å²) in [5.41, 5.74) is 5.75. The largest absolute Gasteiger partial charge is 0.497 e. The Labute approximate surface area is 204 Å². The number of pyridine rings is 1. The predicted molar refractivity (Wildman–Crippen MR) is 124 cm³/mol. The lowest BCUT2D eigenvalue weighted by Gasteiger charge is -2.26. The van der Waals surface area contributed by atoms with E-state index < -0.39 is 23.4 Å². The lowest BCUT2D eigenvalue weighted by molar-refractivity contribution is -0.122. The van der Waals surface area contributed by atoms with E-state index in [1.165, 1.54) is 30.5 Å². The van der Waals surface area contributed by atoms with Gasteiger partial charge < -0.3 is 25.1 Å². The smallest absolute Gasteiger partial charge is 0.323 e. The Morgan fingerprint density at radius 3 is 2.75 bits per heavy atom. The van der Waals surface area contributed by atoms with Crippen molar-refractivity contribution in [3.8, 4) is 28.9 Å². The molecule has 5 amide bonds. The minimum absolute atomic E-state index is 0.000300. The number of carbonyl (C=O) groups excluding carboxylic acids is 4. The number of rotatable bonds is 5. The van der Waals surface area contributed by atoms with Crippen LogP contribution in [0.15, 0.2) is 53.2 Å². The minimum atomic E-state index is -1.67. The standard InChI is InChI=1S/C25H19N5O6/c1-35-17-3-2-15-12-30(22(32)18(15)9-17)13-25(23(33)28-24(34)29-25)7-6-14-8-16(11-27-10-14)19-4-5-20(36-19)21(26)31/h2-5,8-11H,12-13H2,1H3,(H2,26,31)(H2,28,29,33,34). The van der Waals surface area contributed by atoms with Crippen molar-refractivity contribution in [2.45, 2.75) is 12.1 Å². The first-order valence-electron chi connectivity index (χ1n) is 10.8. The van der Waals surface area contributed by atoms with E-state index in [2.05, 4.69) is 27.5 Å². The van der Waals surface area contributed by atoms with Crippen molar-refractivity contribution in [3.63, 3.8) is 0 Å². The van der Waals surface area contributed by atoms with Gasteiger partial charge in [-0.1, -0.05) is 17.9 Å². The second-order valence-corrected chi connectivity index (χ2v) is 8.24. The molecule has 4 heterocycles. The molecular formula is C25H19N5O6. The molecule has 2 aliphatic rings. The molecule has 0 spiro atoms. The van der Waals surface area contributed by atoms with Gasteiger partial charge in [-0.25, -0.2) is 4.79 Å². The van der Waals surface area contributed by atoms with Gasteiger partial charge in [0.1, 0.15) is 11.5 Å². The number of ether oxygens (including phenoxy) is 1. The third kappa shape index (κ3) is 4.01. The molecule has 0 saturated carbocycles. The average molecular weight is 485 g/mol. The highest BCUT2D eigenvalue weighted by atomic mass is 16.5. The number of nitrogens with one attached hydrogen (secondary N) is 2. The highest BCUT2D eigenvalue weighted by molar-refractivity contribution is 6.10. The van der Waals surface area contributed by atoms with Crippen LogP contribution < -0.4 is 21.1 Å². The van der Waals surface area contributed by atoms with Crippen molar-refractivity contribution in [2.75, 3.05) is 13.7 Å².